The molecule has 0 saturated heterocycles. The van der Waals surface area contributed by atoms with Crippen LogP contribution in [0, 0.1) is 5.92 Å². The molecule has 8 heteroatoms. The van der Waals surface area contributed by atoms with E-state index in [0.717, 1.165) is 11.1 Å². The van der Waals surface area contributed by atoms with Crippen LogP contribution in [-0.4, -0.2) is 30.8 Å². The maximum Gasteiger partial charge on any atom is 0.370 e. The van der Waals surface area contributed by atoms with Crippen molar-refractivity contribution in [2.75, 3.05) is 6.61 Å². The number of ether oxygens (including phenoxy) is 1. The molecule has 0 aliphatic heterocycles. The number of hydrogen-bond donors (Lipinski definition) is 1. The summed E-state index contributed by atoms with van der Waals surface area (Å²) in [7, 11) is -5.47. The molecule has 0 spiro atoms. The van der Waals surface area contributed by atoms with Gasteiger partial charge in [0.1, 0.15) is 0 Å². The van der Waals surface area contributed by atoms with Crippen molar-refractivity contribution < 1.29 is 31.3 Å². The van der Waals surface area contributed by atoms with Gasteiger partial charge in [0.2, 0.25) is 0 Å². The number of carbonyl (C=O) groups is 1. The highest BCUT2D eigenvalue weighted by molar-refractivity contribution is 7.86. The first-order chi connectivity index (χ1) is 13.7. The Labute approximate surface area is 167 Å². The molecule has 5 rings (SSSR count). The average molecular weight is 422 g/mol. The van der Waals surface area contributed by atoms with E-state index < -0.39 is 33.7 Å². The quantitative estimate of drug-likeness (QED) is 0.431. The third kappa shape index (κ3) is 3.44. The van der Waals surface area contributed by atoms with Crippen molar-refractivity contribution in [1.29, 1.82) is 0 Å². The lowest BCUT2D eigenvalue weighted by molar-refractivity contribution is -0.150. The van der Waals surface area contributed by atoms with E-state index in [4.69, 9.17) is 9.29 Å². The smallest absolute Gasteiger partial charge is 0.370 e. The van der Waals surface area contributed by atoms with Gasteiger partial charge in [0.05, 0.1) is 12.5 Å². The minimum absolute atomic E-state index is 0.0776. The third-order valence-corrected chi connectivity index (χ3v) is 6.80. The van der Waals surface area contributed by atoms with Crippen LogP contribution in [0.15, 0.2) is 48.5 Å². The number of hydrogen-bond acceptors (Lipinski definition) is 4. The Morgan fingerprint density at radius 1 is 1.03 bits per heavy atom. The van der Waals surface area contributed by atoms with Gasteiger partial charge in [-0.25, -0.2) is 0 Å². The monoisotopic (exact) mass is 422 g/mol. The minimum atomic E-state index is -5.47. The molecule has 29 heavy (non-hydrogen) atoms. The first-order valence-electron chi connectivity index (χ1n) is 9.40. The zero-order valence-electron chi connectivity index (χ0n) is 15.4. The SMILES string of the molecule is O=C(OCCCC(F)(F)S(=O)(=O)O)C1CC2c3ccccc3C1c1ccccc12. The third-order valence-electron chi connectivity index (χ3n) is 5.84. The molecule has 1 unspecified atom stereocenters. The minimum Gasteiger partial charge on any atom is -0.465 e. The van der Waals surface area contributed by atoms with Crippen molar-refractivity contribution in [3.8, 4) is 0 Å². The topological polar surface area (TPSA) is 80.7 Å². The summed E-state index contributed by atoms with van der Waals surface area (Å²) in [5.74, 6) is -0.973. The van der Waals surface area contributed by atoms with Gasteiger partial charge < -0.3 is 4.74 Å². The summed E-state index contributed by atoms with van der Waals surface area (Å²) in [5.41, 5.74) is 4.57. The van der Waals surface area contributed by atoms with E-state index in [1.807, 2.05) is 36.4 Å². The van der Waals surface area contributed by atoms with Gasteiger partial charge >= 0.3 is 21.3 Å². The summed E-state index contributed by atoms with van der Waals surface area (Å²) in [6.07, 6.45) is -0.896. The predicted octanol–water partition coefficient (Wildman–Crippen LogP) is 4.09. The van der Waals surface area contributed by atoms with E-state index in [-0.39, 0.29) is 24.9 Å². The van der Waals surface area contributed by atoms with Gasteiger partial charge in [-0.05, 0) is 35.1 Å². The van der Waals surface area contributed by atoms with Crippen LogP contribution in [0.5, 0.6) is 0 Å². The summed E-state index contributed by atoms with van der Waals surface area (Å²) in [6.45, 7) is -0.332. The van der Waals surface area contributed by atoms with E-state index in [1.54, 1.807) is 0 Å². The Kier molecular flexibility index (Phi) is 4.94. The van der Waals surface area contributed by atoms with Crippen molar-refractivity contribution in [1.82, 2.24) is 0 Å². The molecule has 0 saturated carbocycles. The molecule has 3 aliphatic carbocycles. The van der Waals surface area contributed by atoms with Crippen molar-refractivity contribution in [2.24, 2.45) is 5.92 Å². The van der Waals surface area contributed by atoms with Gasteiger partial charge in [-0.15, -0.1) is 0 Å². The zero-order chi connectivity index (χ0) is 20.8. The Morgan fingerprint density at radius 2 is 1.55 bits per heavy atom. The second-order valence-corrected chi connectivity index (χ2v) is 9.06. The lowest BCUT2D eigenvalue weighted by Gasteiger charge is -2.44. The summed E-state index contributed by atoms with van der Waals surface area (Å²) in [6, 6.07) is 16.0. The van der Waals surface area contributed by atoms with Crippen molar-refractivity contribution >= 4 is 16.1 Å². The molecule has 2 bridgehead atoms. The molecule has 0 radical (unpaired) electrons. The molecule has 0 fully saturated rings. The number of fused-ring (bicyclic) bond motifs is 1. The summed E-state index contributed by atoms with van der Waals surface area (Å²) < 4.78 is 61.6. The summed E-state index contributed by atoms with van der Waals surface area (Å²) in [4.78, 5) is 12.8. The zero-order valence-corrected chi connectivity index (χ0v) is 16.2. The molecule has 0 aromatic heterocycles. The predicted molar refractivity (Wildman–Crippen MR) is 101 cm³/mol. The Hall–Kier alpha value is -2.32. The second kappa shape index (κ2) is 7.18. The molecule has 5 nitrogen and oxygen atoms in total. The van der Waals surface area contributed by atoms with Crippen molar-refractivity contribution in [3.63, 3.8) is 0 Å². The first kappa shape index (κ1) is 20.0. The Morgan fingerprint density at radius 3 is 2.07 bits per heavy atom. The highest BCUT2D eigenvalue weighted by Gasteiger charge is 2.47. The van der Waals surface area contributed by atoms with E-state index in [9.17, 15) is 22.0 Å². The van der Waals surface area contributed by atoms with Gasteiger partial charge in [-0.1, -0.05) is 48.5 Å². The van der Waals surface area contributed by atoms with Crippen LogP contribution in [0.3, 0.4) is 0 Å². The average Bonchev–Trinajstić information content (AvgIpc) is 2.70. The number of carbonyl (C=O) groups excluding carboxylic acids is 1. The van der Waals surface area contributed by atoms with Crippen LogP contribution >= 0.6 is 0 Å². The van der Waals surface area contributed by atoms with E-state index in [0.29, 0.717) is 6.42 Å². The van der Waals surface area contributed by atoms with Gasteiger partial charge in [0, 0.05) is 18.3 Å². The van der Waals surface area contributed by atoms with Crippen LogP contribution in [-0.2, 0) is 19.6 Å². The van der Waals surface area contributed by atoms with Crippen LogP contribution in [0.25, 0.3) is 0 Å². The van der Waals surface area contributed by atoms with Gasteiger partial charge in [-0.3, -0.25) is 9.35 Å². The van der Waals surface area contributed by atoms with Gasteiger partial charge in [0.15, 0.2) is 0 Å². The number of benzene rings is 2. The largest absolute Gasteiger partial charge is 0.465 e. The van der Waals surface area contributed by atoms with E-state index in [1.165, 1.54) is 11.1 Å². The molecular weight excluding hydrogens is 402 g/mol. The first-order valence-corrected chi connectivity index (χ1v) is 10.8. The molecule has 0 amide bonds. The normalized spacial score (nSPS) is 22.7. The Bertz CT molecular complexity index is 1000. The fourth-order valence-corrected chi connectivity index (χ4v) is 4.96. The molecule has 1 N–H and O–H groups in total. The van der Waals surface area contributed by atoms with E-state index >= 15 is 0 Å². The van der Waals surface area contributed by atoms with Crippen molar-refractivity contribution in [2.45, 2.75) is 36.4 Å². The highest BCUT2D eigenvalue weighted by atomic mass is 32.2. The number of halogens is 2. The van der Waals surface area contributed by atoms with Crippen LogP contribution < -0.4 is 0 Å². The van der Waals surface area contributed by atoms with Gasteiger partial charge in [-0.2, -0.15) is 17.2 Å². The fraction of sp³-hybridized carbons (Fsp3) is 0.381. The summed E-state index contributed by atoms with van der Waals surface area (Å²) in [5, 5.41) is -4.25. The Balaban J connectivity index is 1.49. The highest BCUT2D eigenvalue weighted by Crippen LogP contribution is 2.55. The number of rotatable bonds is 6. The molecule has 1 atom stereocenters. The van der Waals surface area contributed by atoms with Crippen molar-refractivity contribution in [3.05, 3.63) is 70.8 Å². The lowest BCUT2D eigenvalue weighted by Crippen LogP contribution is -2.37. The summed E-state index contributed by atoms with van der Waals surface area (Å²) >= 11 is 0. The van der Waals surface area contributed by atoms with Crippen LogP contribution in [0.1, 0.15) is 53.4 Å². The van der Waals surface area contributed by atoms with E-state index in [2.05, 4.69) is 12.1 Å². The molecular formula is C21H20F2O5S. The molecule has 2 aromatic carbocycles. The molecule has 0 heterocycles. The van der Waals surface area contributed by atoms with Crippen LogP contribution in [0.2, 0.25) is 0 Å². The fourth-order valence-electron chi connectivity index (χ4n) is 4.55. The molecule has 2 aromatic rings. The van der Waals surface area contributed by atoms with Crippen LogP contribution in [0.4, 0.5) is 8.78 Å². The maximum absolute atomic E-state index is 13.3. The van der Waals surface area contributed by atoms with Gasteiger partial charge in [0.25, 0.3) is 0 Å². The standard InChI is InChI=1S/C21H20F2O5S/c22-21(23,29(25,26)27)10-5-11-28-20(24)18-12-17-13-6-1-3-8-15(13)19(18)16-9-4-2-7-14(16)17/h1-4,6-9,17-19H,5,10-12H2,(H,25,26,27). The lowest BCUT2D eigenvalue weighted by atomic mass is 9.59. The molecule has 154 valence electrons. The molecule has 3 aliphatic rings. The number of esters is 1. The maximum atomic E-state index is 13.3. The second-order valence-electron chi connectivity index (χ2n) is 7.51. The number of alkyl halides is 2.